The molecule has 0 bridgehead atoms. The number of hydrazone groups is 1. The number of nitrogens with zero attached hydrogens (tertiary/aromatic N) is 1. The van der Waals surface area contributed by atoms with E-state index >= 15 is 0 Å². The molecule has 3 N–H and O–H groups in total. The van der Waals surface area contributed by atoms with Gasteiger partial charge in [0.1, 0.15) is 0 Å². The average Bonchev–Trinajstić information content (AvgIpc) is 2.43. The van der Waals surface area contributed by atoms with E-state index in [1.807, 2.05) is 0 Å². The summed E-state index contributed by atoms with van der Waals surface area (Å²) in [6.45, 7) is 0. The first-order chi connectivity index (χ1) is 9.89. The van der Waals surface area contributed by atoms with Gasteiger partial charge in [-0.1, -0.05) is 18.2 Å². The van der Waals surface area contributed by atoms with E-state index in [9.17, 15) is 23.4 Å². The van der Waals surface area contributed by atoms with Gasteiger partial charge in [-0.25, -0.2) is 0 Å². The molecule has 0 aliphatic carbocycles. The standard InChI is InChI=1S/C14H11F3N2O2/c15-14(16,17)10-5-1-2-6-11(10)19-18-8-9-4-3-7-12(20)13(9)21/h1-8,19-21H. The minimum atomic E-state index is -4.49. The van der Waals surface area contributed by atoms with Gasteiger partial charge >= 0.3 is 6.18 Å². The number of para-hydroxylation sites is 2. The van der Waals surface area contributed by atoms with E-state index in [1.54, 1.807) is 0 Å². The summed E-state index contributed by atoms with van der Waals surface area (Å²) in [7, 11) is 0. The minimum absolute atomic E-state index is 0.173. The third-order valence-corrected chi connectivity index (χ3v) is 2.67. The van der Waals surface area contributed by atoms with Crippen molar-refractivity contribution < 1.29 is 23.4 Å². The number of hydrogen-bond acceptors (Lipinski definition) is 4. The molecular weight excluding hydrogens is 285 g/mol. The van der Waals surface area contributed by atoms with Crippen LogP contribution in [0, 0.1) is 0 Å². The highest BCUT2D eigenvalue weighted by Crippen LogP contribution is 2.34. The predicted octanol–water partition coefficient (Wildman–Crippen LogP) is 3.56. The zero-order chi connectivity index (χ0) is 15.5. The Morgan fingerprint density at radius 2 is 1.71 bits per heavy atom. The number of phenols is 2. The van der Waals surface area contributed by atoms with Gasteiger partial charge in [0.2, 0.25) is 0 Å². The molecule has 0 heterocycles. The molecule has 2 rings (SSSR count). The van der Waals surface area contributed by atoms with Crippen molar-refractivity contribution in [3.05, 3.63) is 53.6 Å². The number of phenolic OH excluding ortho intramolecular Hbond substituents is 2. The molecule has 4 nitrogen and oxygen atoms in total. The van der Waals surface area contributed by atoms with Crippen LogP contribution in [0.3, 0.4) is 0 Å². The van der Waals surface area contributed by atoms with Crippen molar-refractivity contribution in [2.45, 2.75) is 6.18 Å². The molecular formula is C14H11F3N2O2. The van der Waals surface area contributed by atoms with Crippen molar-refractivity contribution >= 4 is 11.9 Å². The van der Waals surface area contributed by atoms with E-state index in [0.29, 0.717) is 0 Å². The lowest BCUT2D eigenvalue weighted by molar-refractivity contribution is -0.136. The van der Waals surface area contributed by atoms with Gasteiger partial charge in [0.05, 0.1) is 17.5 Å². The highest BCUT2D eigenvalue weighted by Gasteiger charge is 2.33. The van der Waals surface area contributed by atoms with Crippen molar-refractivity contribution in [2.24, 2.45) is 5.10 Å². The van der Waals surface area contributed by atoms with Crippen molar-refractivity contribution in [2.75, 3.05) is 5.43 Å². The number of alkyl halides is 3. The fraction of sp³-hybridized carbons (Fsp3) is 0.0714. The Bertz CT molecular complexity index is 670. The Kier molecular flexibility index (Phi) is 4.02. The Morgan fingerprint density at radius 3 is 2.43 bits per heavy atom. The van der Waals surface area contributed by atoms with Gasteiger partial charge < -0.3 is 10.2 Å². The summed E-state index contributed by atoms with van der Waals surface area (Å²) in [6.07, 6.45) is -3.38. The molecule has 0 aliphatic rings. The first-order valence-corrected chi connectivity index (χ1v) is 5.86. The lowest BCUT2D eigenvalue weighted by atomic mass is 10.2. The second-order valence-corrected chi connectivity index (χ2v) is 4.13. The first kappa shape index (κ1) is 14.7. The van der Waals surface area contributed by atoms with Gasteiger partial charge in [-0.3, -0.25) is 5.43 Å². The van der Waals surface area contributed by atoms with Crippen LogP contribution < -0.4 is 5.43 Å². The maximum absolute atomic E-state index is 12.8. The van der Waals surface area contributed by atoms with Crippen LogP contribution in [0.2, 0.25) is 0 Å². The van der Waals surface area contributed by atoms with E-state index in [2.05, 4.69) is 10.5 Å². The number of rotatable bonds is 3. The molecule has 7 heteroatoms. The van der Waals surface area contributed by atoms with E-state index in [4.69, 9.17) is 0 Å². The van der Waals surface area contributed by atoms with Crippen LogP contribution in [-0.2, 0) is 6.18 Å². The van der Waals surface area contributed by atoms with Crippen LogP contribution in [-0.4, -0.2) is 16.4 Å². The Labute approximate surface area is 118 Å². The molecule has 0 spiro atoms. The summed E-state index contributed by atoms with van der Waals surface area (Å²) < 4.78 is 38.3. The molecule has 0 saturated carbocycles. The molecule has 0 unspecified atom stereocenters. The average molecular weight is 296 g/mol. The monoisotopic (exact) mass is 296 g/mol. The largest absolute Gasteiger partial charge is 0.504 e. The molecule has 2 aromatic rings. The number of benzene rings is 2. The van der Waals surface area contributed by atoms with Crippen LogP contribution in [0.15, 0.2) is 47.6 Å². The molecule has 0 saturated heterocycles. The van der Waals surface area contributed by atoms with Crippen LogP contribution in [0.4, 0.5) is 18.9 Å². The van der Waals surface area contributed by atoms with E-state index in [-0.39, 0.29) is 17.0 Å². The molecule has 2 aromatic carbocycles. The summed E-state index contributed by atoms with van der Waals surface area (Å²) in [5, 5.41) is 22.5. The van der Waals surface area contributed by atoms with Crippen LogP contribution >= 0.6 is 0 Å². The SMILES string of the molecule is Oc1cccc(C=NNc2ccccc2C(F)(F)F)c1O. The highest BCUT2D eigenvalue weighted by molar-refractivity contribution is 5.85. The van der Waals surface area contributed by atoms with E-state index in [0.717, 1.165) is 12.3 Å². The van der Waals surface area contributed by atoms with Crippen molar-refractivity contribution in [3.8, 4) is 11.5 Å². The zero-order valence-electron chi connectivity index (χ0n) is 10.6. The first-order valence-electron chi connectivity index (χ1n) is 5.86. The number of hydrogen-bond donors (Lipinski definition) is 3. The van der Waals surface area contributed by atoms with Gasteiger partial charge in [0.15, 0.2) is 11.5 Å². The smallest absolute Gasteiger partial charge is 0.418 e. The summed E-state index contributed by atoms with van der Waals surface area (Å²) in [4.78, 5) is 0. The molecule has 0 radical (unpaired) electrons. The fourth-order valence-electron chi connectivity index (χ4n) is 1.65. The Hall–Kier alpha value is -2.70. The number of nitrogens with one attached hydrogen (secondary N) is 1. The second kappa shape index (κ2) is 5.74. The quantitative estimate of drug-likeness (QED) is 0.461. The van der Waals surface area contributed by atoms with Crippen molar-refractivity contribution in [1.29, 1.82) is 0 Å². The number of halogens is 3. The molecule has 0 atom stereocenters. The molecule has 21 heavy (non-hydrogen) atoms. The van der Waals surface area contributed by atoms with Gasteiger partial charge in [0, 0.05) is 5.56 Å². The topological polar surface area (TPSA) is 64.9 Å². The minimum Gasteiger partial charge on any atom is -0.504 e. The molecule has 0 aliphatic heterocycles. The number of aromatic hydroxyl groups is 2. The van der Waals surface area contributed by atoms with Crippen LogP contribution in [0.1, 0.15) is 11.1 Å². The van der Waals surface area contributed by atoms with Gasteiger partial charge in [-0.2, -0.15) is 18.3 Å². The maximum atomic E-state index is 12.8. The summed E-state index contributed by atoms with van der Waals surface area (Å²) >= 11 is 0. The van der Waals surface area contributed by atoms with Crippen LogP contribution in [0.25, 0.3) is 0 Å². The van der Waals surface area contributed by atoms with E-state index < -0.39 is 17.5 Å². The third-order valence-electron chi connectivity index (χ3n) is 2.67. The van der Waals surface area contributed by atoms with E-state index in [1.165, 1.54) is 36.4 Å². The summed E-state index contributed by atoms with van der Waals surface area (Å²) in [6, 6.07) is 9.10. The Morgan fingerprint density at radius 1 is 1.00 bits per heavy atom. The molecule has 110 valence electrons. The fourth-order valence-corrected chi connectivity index (χ4v) is 1.65. The highest BCUT2D eigenvalue weighted by atomic mass is 19.4. The third kappa shape index (κ3) is 3.44. The van der Waals surface area contributed by atoms with Crippen LogP contribution in [0.5, 0.6) is 11.5 Å². The maximum Gasteiger partial charge on any atom is 0.418 e. The number of anilines is 1. The Balaban J connectivity index is 2.21. The van der Waals surface area contributed by atoms with Gasteiger partial charge in [-0.05, 0) is 24.3 Å². The molecule has 0 amide bonds. The summed E-state index contributed by atoms with van der Waals surface area (Å²) in [5.41, 5.74) is 1.39. The predicted molar refractivity (Wildman–Crippen MR) is 72.4 cm³/mol. The zero-order valence-corrected chi connectivity index (χ0v) is 10.6. The normalized spacial score (nSPS) is 11.8. The van der Waals surface area contributed by atoms with Gasteiger partial charge in [-0.15, -0.1) is 0 Å². The lowest BCUT2D eigenvalue weighted by Gasteiger charge is -2.11. The molecule has 0 fully saturated rings. The second-order valence-electron chi connectivity index (χ2n) is 4.13. The molecule has 0 aromatic heterocycles. The lowest BCUT2D eigenvalue weighted by Crippen LogP contribution is -2.08. The van der Waals surface area contributed by atoms with Crippen molar-refractivity contribution in [1.82, 2.24) is 0 Å². The summed E-state index contributed by atoms with van der Waals surface area (Å²) in [5.74, 6) is -0.734. The van der Waals surface area contributed by atoms with Gasteiger partial charge in [0.25, 0.3) is 0 Å². The van der Waals surface area contributed by atoms with Crippen molar-refractivity contribution in [3.63, 3.8) is 0 Å².